The standard InChI is InChI=1S/C19H24N4O3/c1-22-8-6-20-18(19(22)24)23-7-2-3-15(13-23)21-12-14-4-5-16-17(11-14)26-10-9-25-16/h4-6,8,11,15,21H,2-3,7,9-10,12-13H2,1H3/t15-/m1/s1. The predicted octanol–water partition coefficient (Wildman–Crippen LogP) is 1.31. The van der Waals surface area contributed by atoms with Crippen LogP contribution in [0.3, 0.4) is 0 Å². The fourth-order valence-electron chi connectivity index (χ4n) is 3.50. The van der Waals surface area contributed by atoms with Crippen LogP contribution in [0.2, 0.25) is 0 Å². The van der Waals surface area contributed by atoms with E-state index in [2.05, 4.69) is 21.3 Å². The summed E-state index contributed by atoms with van der Waals surface area (Å²) in [5, 5.41) is 3.60. The third-order valence-corrected chi connectivity index (χ3v) is 4.92. The Bertz CT molecular complexity index is 836. The van der Waals surface area contributed by atoms with Gasteiger partial charge in [-0.25, -0.2) is 4.98 Å². The summed E-state index contributed by atoms with van der Waals surface area (Å²) in [5.41, 5.74) is 1.13. The molecule has 1 N–H and O–H groups in total. The molecule has 7 heteroatoms. The number of hydrogen-bond acceptors (Lipinski definition) is 6. The van der Waals surface area contributed by atoms with Crippen molar-refractivity contribution in [3.63, 3.8) is 0 Å². The monoisotopic (exact) mass is 356 g/mol. The maximum absolute atomic E-state index is 12.3. The topological polar surface area (TPSA) is 68.6 Å². The van der Waals surface area contributed by atoms with E-state index in [4.69, 9.17) is 9.47 Å². The number of nitrogens with zero attached hydrogens (tertiary/aromatic N) is 3. The van der Waals surface area contributed by atoms with Gasteiger partial charge < -0.3 is 24.3 Å². The molecule has 138 valence electrons. The summed E-state index contributed by atoms with van der Waals surface area (Å²) in [6.07, 6.45) is 5.50. The van der Waals surface area contributed by atoms with E-state index in [9.17, 15) is 4.79 Å². The third kappa shape index (κ3) is 3.53. The number of rotatable bonds is 4. The molecular formula is C19H24N4O3. The highest BCUT2D eigenvalue weighted by Crippen LogP contribution is 2.30. The van der Waals surface area contributed by atoms with Crippen LogP contribution in [0.1, 0.15) is 18.4 Å². The van der Waals surface area contributed by atoms with E-state index in [-0.39, 0.29) is 5.56 Å². The normalized spacial score (nSPS) is 19.4. The van der Waals surface area contributed by atoms with E-state index >= 15 is 0 Å². The summed E-state index contributed by atoms with van der Waals surface area (Å²) >= 11 is 0. The van der Waals surface area contributed by atoms with E-state index in [0.717, 1.165) is 44.0 Å². The van der Waals surface area contributed by atoms with Crippen molar-refractivity contribution in [1.82, 2.24) is 14.9 Å². The molecule has 2 aliphatic heterocycles. The summed E-state index contributed by atoms with van der Waals surface area (Å²) in [5.74, 6) is 2.17. The van der Waals surface area contributed by atoms with Crippen LogP contribution in [0.5, 0.6) is 11.5 Å². The molecule has 3 heterocycles. The minimum absolute atomic E-state index is 0.0417. The largest absolute Gasteiger partial charge is 0.486 e. The number of anilines is 1. The highest BCUT2D eigenvalue weighted by molar-refractivity contribution is 5.43. The average Bonchev–Trinajstić information content (AvgIpc) is 2.68. The highest BCUT2D eigenvalue weighted by Gasteiger charge is 2.23. The molecule has 4 rings (SSSR count). The molecule has 26 heavy (non-hydrogen) atoms. The minimum atomic E-state index is -0.0417. The fraction of sp³-hybridized carbons (Fsp3) is 0.474. The molecule has 0 amide bonds. The van der Waals surface area contributed by atoms with Crippen molar-refractivity contribution in [1.29, 1.82) is 0 Å². The van der Waals surface area contributed by atoms with E-state index in [1.807, 2.05) is 12.1 Å². The lowest BCUT2D eigenvalue weighted by Crippen LogP contribution is -2.47. The summed E-state index contributed by atoms with van der Waals surface area (Å²) in [7, 11) is 1.76. The average molecular weight is 356 g/mol. The van der Waals surface area contributed by atoms with Crippen molar-refractivity contribution < 1.29 is 9.47 Å². The lowest BCUT2D eigenvalue weighted by atomic mass is 10.1. The molecule has 1 saturated heterocycles. The Labute approximate surface area is 152 Å². The molecule has 0 spiro atoms. The second-order valence-corrected chi connectivity index (χ2v) is 6.81. The molecule has 0 unspecified atom stereocenters. The van der Waals surface area contributed by atoms with Crippen LogP contribution < -0.4 is 25.2 Å². The summed E-state index contributed by atoms with van der Waals surface area (Å²) in [4.78, 5) is 18.7. The zero-order chi connectivity index (χ0) is 17.9. The number of benzene rings is 1. The first kappa shape index (κ1) is 16.9. The van der Waals surface area contributed by atoms with Gasteiger partial charge in [-0.3, -0.25) is 4.79 Å². The van der Waals surface area contributed by atoms with Crippen LogP contribution in [-0.4, -0.2) is 41.9 Å². The van der Waals surface area contributed by atoms with Gasteiger partial charge in [-0.15, -0.1) is 0 Å². The lowest BCUT2D eigenvalue weighted by Gasteiger charge is -2.33. The van der Waals surface area contributed by atoms with Crippen molar-refractivity contribution in [3.8, 4) is 11.5 Å². The Morgan fingerprint density at radius 1 is 1.27 bits per heavy atom. The Hall–Kier alpha value is -2.54. The number of aromatic nitrogens is 2. The van der Waals surface area contributed by atoms with Gasteiger partial charge in [0.25, 0.3) is 5.56 Å². The van der Waals surface area contributed by atoms with Crippen LogP contribution in [0.15, 0.2) is 35.4 Å². The molecule has 1 atom stereocenters. The van der Waals surface area contributed by atoms with E-state index in [1.54, 1.807) is 24.0 Å². The van der Waals surface area contributed by atoms with Gasteiger partial charge in [-0.1, -0.05) is 6.07 Å². The van der Waals surface area contributed by atoms with Gasteiger partial charge in [0.15, 0.2) is 17.3 Å². The number of hydrogen-bond donors (Lipinski definition) is 1. The highest BCUT2D eigenvalue weighted by atomic mass is 16.6. The van der Waals surface area contributed by atoms with Gasteiger partial charge in [0.05, 0.1) is 0 Å². The van der Waals surface area contributed by atoms with E-state index in [1.165, 1.54) is 5.56 Å². The molecule has 2 aliphatic rings. The van der Waals surface area contributed by atoms with Crippen LogP contribution in [-0.2, 0) is 13.6 Å². The molecule has 2 aromatic rings. The zero-order valence-electron chi connectivity index (χ0n) is 15.0. The third-order valence-electron chi connectivity index (χ3n) is 4.92. The van der Waals surface area contributed by atoms with Crippen molar-refractivity contribution in [2.24, 2.45) is 7.05 Å². The second kappa shape index (κ2) is 7.37. The SMILES string of the molecule is Cn1ccnc(N2CCC[C@@H](NCc3ccc4c(c3)OCCO4)C2)c1=O. The van der Waals surface area contributed by atoms with Crippen LogP contribution >= 0.6 is 0 Å². The summed E-state index contributed by atoms with van der Waals surface area (Å²) in [6.45, 7) is 3.62. The van der Waals surface area contributed by atoms with Crippen molar-refractivity contribution in [3.05, 3.63) is 46.5 Å². The molecule has 1 fully saturated rings. The molecule has 0 aliphatic carbocycles. The first-order valence-corrected chi connectivity index (χ1v) is 9.09. The van der Waals surface area contributed by atoms with Gasteiger partial charge in [-0.2, -0.15) is 0 Å². The van der Waals surface area contributed by atoms with Gasteiger partial charge in [0.1, 0.15) is 13.2 Å². The summed E-state index contributed by atoms with van der Waals surface area (Å²) < 4.78 is 12.8. The summed E-state index contributed by atoms with van der Waals surface area (Å²) in [6, 6.07) is 6.39. The minimum Gasteiger partial charge on any atom is -0.486 e. The second-order valence-electron chi connectivity index (χ2n) is 6.81. The maximum atomic E-state index is 12.3. The lowest BCUT2D eigenvalue weighted by molar-refractivity contribution is 0.171. The van der Waals surface area contributed by atoms with Gasteiger partial charge in [-0.05, 0) is 30.5 Å². The molecule has 0 bridgehead atoms. The number of ether oxygens (including phenoxy) is 2. The van der Waals surface area contributed by atoms with Gasteiger partial charge >= 0.3 is 0 Å². The number of fused-ring (bicyclic) bond motifs is 1. The zero-order valence-corrected chi connectivity index (χ0v) is 15.0. The van der Waals surface area contributed by atoms with Gasteiger partial charge in [0.2, 0.25) is 0 Å². The van der Waals surface area contributed by atoms with E-state index < -0.39 is 0 Å². The van der Waals surface area contributed by atoms with Crippen molar-refractivity contribution in [2.75, 3.05) is 31.2 Å². The van der Waals surface area contributed by atoms with Crippen molar-refractivity contribution in [2.45, 2.75) is 25.4 Å². The molecule has 1 aromatic carbocycles. The quantitative estimate of drug-likeness (QED) is 0.891. The van der Waals surface area contributed by atoms with Gasteiger partial charge in [0, 0.05) is 45.1 Å². The van der Waals surface area contributed by atoms with Crippen LogP contribution in [0, 0.1) is 0 Å². The van der Waals surface area contributed by atoms with E-state index in [0.29, 0.717) is 25.1 Å². The number of aryl methyl sites for hydroxylation is 1. The molecular weight excluding hydrogens is 332 g/mol. The first-order valence-electron chi connectivity index (χ1n) is 9.09. The maximum Gasteiger partial charge on any atom is 0.293 e. The molecule has 0 radical (unpaired) electrons. The fourth-order valence-corrected chi connectivity index (χ4v) is 3.50. The molecule has 1 aromatic heterocycles. The number of piperidine rings is 1. The Balaban J connectivity index is 1.39. The Kier molecular flexibility index (Phi) is 4.79. The molecule has 7 nitrogen and oxygen atoms in total. The molecule has 0 saturated carbocycles. The Morgan fingerprint density at radius 3 is 3.00 bits per heavy atom. The van der Waals surface area contributed by atoms with Crippen LogP contribution in [0.4, 0.5) is 5.82 Å². The van der Waals surface area contributed by atoms with Crippen molar-refractivity contribution >= 4 is 5.82 Å². The first-order chi connectivity index (χ1) is 12.7. The number of nitrogens with one attached hydrogen (secondary N) is 1. The van der Waals surface area contributed by atoms with Crippen LogP contribution in [0.25, 0.3) is 0 Å². The smallest absolute Gasteiger partial charge is 0.293 e. The Morgan fingerprint density at radius 2 is 2.12 bits per heavy atom. The predicted molar refractivity (Wildman–Crippen MR) is 99.0 cm³/mol.